The second kappa shape index (κ2) is 6.93. The zero-order chi connectivity index (χ0) is 10.3. The lowest BCUT2D eigenvalue weighted by Gasteiger charge is -2.19. The molecule has 2 nitrogen and oxygen atoms in total. The van der Waals surface area contributed by atoms with E-state index in [0.717, 1.165) is 6.54 Å². The van der Waals surface area contributed by atoms with Gasteiger partial charge in [-0.15, -0.1) is 0 Å². The first-order valence-corrected chi connectivity index (χ1v) is 5.31. The van der Waals surface area contributed by atoms with Gasteiger partial charge in [0.2, 0.25) is 0 Å². The summed E-state index contributed by atoms with van der Waals surface area (Å²) in [7, 11) is 4.14. The molecule has 0 aromatic carbocycles. The van der Waals surface area contributed by atoms with Gasteiger partial charge in [0.15, 0.2) is 0 Å². The molecule has 0 fully saturated rings. The van der Waals surface area contributed by atoms with Crippen molar-refractivity contribution in [2.45, 2.75) is 40.0 Å². The first-order valence-electron chi connectivity index (χ1n) is 5.31. The lowest BCUT2D eigenvalue weighted by molar-refractivity contribution is 0.567. The van der Waals surface area contributed by atoms with E-state index in [0.29, 0.717) is 5.92 Å². The lowest BCUT2D eigenvalue weighted by Crippen LogP contribution is -2.27. The highest BCUT2D eigenvalue weighted by Crippen LogP contribution is 2.02. The van der Waals surface area contributed by atoms with Gasteiger partial charge in [0, 0.05) is 26.6 Å². The number of unbranched alkanes of at least 4 members (excludes halogenated alkanes) is 2. The van der Waals surface area contributed by atoms with E-state index in [9.17, 15) is 0 Å². The van der Waals surface area contributed by atoms with Crippen LogP contribution in [0.25, 0.3) is 0 Å². The zero-order valence-electron chi connectivity index (χ0n) is 9.80. The lowest BCUT2D eigenvalue weighted by atomic mass is 10.2. The number of hydrogen-bond donors (Lipinski definition) is 0. The van der Waals surface area contributed by atoms with E-state index in [1.807, 2.05) is 0 Å². The van der Waals surface area contributed by atoms with Crippen molar-refractivity contribution in [3.05, 3.63) is 0 Å². The van der Waals surface area contributed by atoms with E-state index >= 15 is 0 Å². The predicted octanol–water partition coefficient (Wildman–Crippen LogP) is 2.79. The SMILES string of the molecule is CCCCCN=C(C(C)C)N(C)C. The monoisotopic (exact) mass is 184 g/mol. The van der Waals surface area contributed by atoms with Crippen LogP contribution in [0, 0.1) is 5.92 Å². The van der Waals surface area contributed by atoms with Crippen LogP contribution in [0.1, 0.15) is 40.0 Å². The Morgan fingerprint density at radius 3 is 2.23 bits per heavy atom. The van der Waals surface area contributed by atoms with Crippen LogP contribution in [0.2, 0.25) is 0 Å². The molecule has 0 saturated carbocycles. The highest BCUT2D eigenvalue weighted by atomic mass is 15.1. The van der Waals surface area contributed by atoms with Crippen LogP contribution in [0.4, 0.5) is 0 Å². The molecule has 0 spiro atoms. The third kappa shape index (κ3) is 5.67. The van der Waals surface area contributed by atoms with E-state index in [-0.39, 0.29) is 0 Å². The van der Waals surface area contributed by atoms with Crippen LogP contribution in [0.3, 0.4) is 0 Å². The van der Waals surface area contributed by atoms with Crippen molar-refractivity contribution in [3.8, 4) is 0 Å². The van der Waals surface area contributed by atoms with Crippen LogP contribution >= 0.6 is 0 Å². The van der Waals surface area contributed by atoms with Gasteiger partial charge in [-0.25, -0.2) is 0 Å². The quantitative estimate of drug-likeness (QED) is 0.364. The maximum atomic E-state index is 4.60. The van der Waals surface area contributed by atoms with Crippen LogP contribution in [0.5, 0.6) is 0 Å². The van der Waals surface area contributed by atoms with E-state index in [1.165, 1.54) is 25.1 Å². The summed E-state index contributed by atoms with van der Waals surface area (Å²) >= 11 is 0. The Morgan fingerprint density at radius 2 is 1.85 bits per heavy atom. The second-order valence-electron chi connectivity index (χ2n) is 4.00. The summed E-state index contributed by atoms with van der Waals surface area (Å²) in [6, 6.07) is 0. The Bertz CT molecular complexity index is 138. The average Bonchev–Trinajstić information content (AvgIpc) is 2.02. The van der Waals surface area contributed by atoms with Gasteiger partial charge in [-0.2, -0.15) is 0 Å². The van der Waals surface area contributed by atoms with Crippen molar-refractivity contribution in [2.75, 3.05) is 20.6 Å². The molecule has 0 saturated heterocycles. The van der Waals surface area contributed by atoms with E-state index in [1.54, 1.807) is 0 Å². The highest BCUT2D eigenvalue weighted by molar-refractivity contribution is 5.83. The topological polar surface area (TPSA) is 15.6 Å². The largest absolute Gasteiger partial charge is 0.366 e. The van der Waals surface area contributed by atoms with E-state index < -0.39 is 0 Å². The fourth-order valence-electron chi connectivity index (χ4n) is 1.40. The molecule has 0 atom stereocenters. The molecule has 13 heavy (non-hydrogen) atoms. The smallest absolute Gasteiger partial charge is 0.101 e. The van der Waals surface area contributed by atoms with Gasteiger partial charge in [0.05, 0.1) is 0 Å². The number of rotatable bonds is 5. The van der Waals surface area contributed by atoms with Crippen LogP contribution in [-0.4, -0.2) is 31.4 Å². The molecule has 0 amide bonds. The molecule has 78 valence electrons. The van der Waals surface area contributed by atoms with Crippen molar-refractivity contribution >= 4 is 5.84 Å². The molecule has 0 aliphatic heterocycles. The van der Waals surface area contributed by atoms with Crippen molar-refractivity contribution in [2.24, 2.45) is 10.9 Å². The molecule has 0 aromatic rings. The standard InChI is InChI=1S/C11H24N2/c1-6-7-8-9-12-11(10(2)3)13(4)5/h10H,6-9H2,1-5H3. The molecular formula is C11H24N2. The maximum absolute atomic E-state index is 4.60. The molecule has 0 aliphatic rings. The summed E-state index contributed by atoms with van der Waals surface area (Å²) in [5.41, 5.74) is 0. The van der Waals surface area contributed by atoms with Crippen LogP contribution in [0.15, 0.2) is 4.99 Å². The summed E-state index contributed by atoms with van der Waals surface area (Å²) in [5.74, 6) is 1.76. The maximum Gasteiger partial charge on any atom is 0.101 e. The fraction of sp³-hybridized carbons (Fsp3) is 0.909. The fourth-order valence-corrected chi connectivity index (χ4v) is 1.40. The van der Waals surface area contributed by atoms with Crippen molar-refractivity contribution in [1.82, 2.24) is 4.90 Å². The van der Waals surface area contributed by atoms with Crippen molar-refractivity contribution in [1.29, 1.82) is 0 Å². The first-order chi connectivity index (χ1) is 6.09. The number of hydrogen-bond acceptors (Lipinski definition) is 1. The first kappa shape index (κ1) is 12.5. The summed E-state index contributed by atoms with van der Waals surface area (Å²) in [5, 5.41) is 0. The molecule has 0 aliphatic carbocycles. The molecule has 0 rings (SSSR count). The second-order valence-corrected chi connectivity index (χ2v) is 4.00. The zero-order valence-corrected chi connectivity index (χ0v) is 9.80. The molecule has 0 heterocycles. The van der Waals surface area contributed by atoms with E-state index in [4.69, 9.17) is 0 Å². The van der Waals surface area contributed by atoms with E-state index in [2.05, 4.69) is 44.8 Å². The Kier molecular flexibility index (Phi) is 6.65. The van der Waals surface area contributed by atoms with Crippen LogP contribution < -0.4 is 0 Å². The molecule has 0 radical (unpaired) electrons. The Balaban J connectivity index is 3.90. The van der Waals surface area contributed by atoms with Crippen LogP contribution in [-0.2, 0) is 0 Å². The summed E-state index contributed by atoms with van der Waals surface area (Å²) in [4.78, 5) is 6.72. The van der Waals surface area contributed by atoms with Gasteiger partial charge in [0.1, 0.15) is 5.84 Å². The molecule has 2 heteroatoms. The van der Waals surface area contributed by atoms with Gasteiger partial charge in [-0.3, -0.25) is 4.99 Å². The van der Waals surface area contributed by atoms with Crippen molar-refractivity contribution < 1.29 is 0 Å². The molecule has 0 bridgehead atoms. The normalized spacial score (nSPS) is 12.3. The highest BCUT2D eigenvalue weighted by Gasteiger charge is 2.05. The minimum atomic E-state index is 0.539. The van der Waals surface area contributed by atoms with Gasteiger partial charge in [-0.1, -0.05) is 33.6 Å². The summed E-state index contributed by atoms with van der Waals surface area (Å²) < 4.78 is 0. The van der Waals surface area contributed by atoms with Gasteiger partial charge < -0.3 is 4.90 Å². The number of aliphatic imine (C=N–C) groups is 1. The Labute approximate surface area is 83.0 Å². The summed E-state index contributed by atoms with van der Waals surface area (Å²) in [6.07, 6.45) is 3.79. The third-order valence-corrected chi connectivity index (χ3v) is 2.01. The van der Waals surface area contributed by atoms with Gasteiger partial charge >= 0.3 is 0 Å². The predicted molar refractivity (Wildman–Crippen MR) is 60.4 cm³/mol. The molecule has 0 N–H and O–H groups in total. The average molecular weight is 184 g/mol. The Morgan fingerprint density at radius 1 is 1.23 bits per heavy atom. The molecular weight excluding hydrogens is 160 g/mol. The van der Waals surface area contributed by atoms with Gasteiger partial charge in [-0.05, 0) is 6.42 Å². The minimum Gasteiger partial charge on any atom is -0.366 e. The Hall–Kier alpha value is -0.530. The molecule has 0 aromatic heterocycles. The van der Waals surface area contributed by atoms with Crippen molar-refractivity contribution in [3.63, 3.8) is 0 Å². The third-order valence-electron chi connectivity index (χ3n) is 2.01. The number of nitrogens with zero attached hydrogens (tertiary/aromatic N) is 2. The van der Waals surface area contributed by atoms with Gasteiger partial charge in [0.25, 0.3) is 0 Å². The number of amidine groups is 1. The summed E-state index contributed by atoms with van der Waals surface area (Å²) in [6.45, 7) is 7.59. The molecule has 0 unspecified atom stereocenters. The minimum absolute atomic E-state index is 0.539.